The Bertz CT molecular complexity index is 1230. The van der Waals surface area contributed by atoms with Crippen molar-refractivity contribution in [3.63, 3.8) is 0 Å². The normalized spacial score (nSPS) is 11.8. The lowest BCUT2D eigenvalue weighted by atomic mass is 9.95. The zero-order valence-corrected chi connectivity index (χ0v) is 21.2. The molecule has 0 aliphatic rings. The van der Waals surface area contributed by atoms with Gasteiger partial charge in [0.15, 0.2) is 6.61 Å². The second-order valence-electron chi connectivity index (χ2n) is 7.47. The maximum atomic E-state index is 13.2. The van der Waals surface area contributed by atoms with E-state index in [0.29, 0.717) is 31.4 Å². The van der Waals surface area contributed by atoms with E-state index in [4.69, 9.17) is 15.0 Å². The van der Waals surface area contributed by atoms with Crippen LogP contribution in [0, 0.1) is 11.3 Å². The van der Waals surface area contributed by atoms with Crippen molar-refractivity contribution in [1.82, 2.24) is 9.66 Å². The summed E-state index contributed by atoms with van der Waals surface area (Å²) >= 11 is 10.3. The molecular formula is C21H17Br3N4O2. The summed E-state index contributed by atoms with van der Waals surface area (Å²) in [7, 11) is 0. The van der Waals surface area contributed by atoms with Gasteiger partial charge < -0.3 is 4.74 Å². The van der Waals surface area contributed by atoms with Crippen molar-refractivity contribution in [2.75, 3.05) is 6.61 Å². The molecule has 1 aromatic heterocycles. The van der Waals surface area contributed by atoms with Gasteiger partial charge in [-0.05, 0) is 67.8 Å². The van der Waals surface area contributed by atoms with Crippen LogP contribution in [0.25, 0.3) is 10.9 Å². The molecule has 0 aliphatic heterocycles. The first-order chi connectivity index (χ1) is 14.1. The van der Waals surface area contributed by atoms with Gasteiger partial charge in [-0.1, -0.05) is 36.7 Å². The first kappa shape index (κ1) is 22.7. The Morgan fingerprint density at radius 2 is 1.87 bits per heavy atom. The van der Waals surface area contributed by atoms with Crippen LogP contribution in [0.4, 0.5) is 0 Å². The van der Waals surface area contributed by atoms with E-state index < -0.39 is 5.41 Å². The largest absolute Gasteiger partial charge is 0.476 e. The first-order valence-electron chi connectivity index (χ1n) is 8.88. The van der Waals surface area contributed by atoms with Crippen LogP contribution >= 0.6 is 47.8 Å². The van der Waals surface area contributed by atoms with E-state index in [1.165, 1.54) is 4.68 Å². The predicted molar refractivity (Wildman–Crippen MR) is 128 cm³/mol. The van der Waals surface area contributed by atoms with Crippen LogP contribution in [0.1, 0.15) is 32.2 Å². The number of fused-ring (bicyclic) bond motifs is 1. The van der Waals surface area contributed by atoms with Gasteiger partial charge in [-0.25, -0.2) is 4.98 Å². The summed E-state index contributed by atoms with van der Waals surface area (Å²) in [6.45, 7) is 5.90. The minimum Gasteiger partial charge on any atom is -0.476 e. The molecule has 0 unspecified atom stereocenters. The van der Waals surface area contributed by atoms with Crippen molar-refractivity contribution in [2.45, 2.75) is 26.2 Å². The van der Waals surface area contributed by atoms with Crippen molar-refractivity contribution >= 4 is 64.9 Å². The molecule has 0 amide bonds. The van der Waals surface area contributed by atoms with Crippen LogP contribution < -0.4 is 10.3 Å². The molecule has 30 heavy (non-hydrogen) atoms. The highest BCUT2D eigenvalue weighted by atomic mass is 79.9. The lowest BCUT2D eigenvalue weighted by Crippen LogP contribution is -2.29. The Balaban J connectivity index is 2.13. The van der Waals surface area contributed by atoms with E-state index in [2.05, 4.69) is 52.9 Å². The summed E-state index contributed by atoms with van der Waals surface area (Å²) in [5.41, 5.74) is 0.728. The van der Waals surface area contributed by atoms with E-state index in [9.17, 15) is 4.79 Å². The highest BCUT2D eigenvalue weighted by Gasteiger charge is 2.23. The Morgan fingerprint density at radius 3 is 2.47 bits per heavy atom. The smallest absolute Gasteiger partial charge is 0.282 e. The topological polar surface area (TPSA) is 80.3 Å². The molecule has 0 spiro atoms. The zero-order chi connectivity index (χ0) is 22.1. The van der Waals surface area contributed by atoms with Crippen molar-refractivity contribution < 1.29 is 4.74 Å². The SMILES string of the molecule is CC(C)(C)c1nc2ccc(Br)cc2c(=O)n1N=Cc1cc(Br)c(OCC#N)c(Br)c1. The van der Waals surface area contributed by atoms with Gasteiger partial charge in [-0.15, -0.1) is 0 Å². The zero-order valence-electron chi connectivity index (χ0n) is 16.4. The number of aromatic nitrogens is 2. The summed E-state index contributed by atoms with van der Waals surface area (Å²) < 4.78 is 8.88. The fourth-order valence-electron chi connectivity index (χ4n) is 2.76. The highest BCUT2D eigenvalue weighted by molar-refractivity contribution is 9.11. The van der Waals surface area contributed by atoms with Gasteiger partial charge in [0.1, 0.15) is 17.6 Å². The van der Waals surface area contributed by atoms with E-state index >= 15 is 0 Å². The third kappa shape index (κ3) is 4.82. The number of hydrogen-bond acceptors (Lipinski definition) is 5. The van der Waals surface area contributed by atoms with Crippen LogP contribution in [0.3, 0.4) is 0 Å². The monoisotopic (exact) mass is 594 g/mol. The molecule has 0 fully saturated rings. The molecule has 0 atom stereocenters. The number of rotatable bonds is 4. The van der Waals surface area contributed by atoms with Gasteiger partial charge in [-0.3, -0.25) is 4.79 Å². The van der Waals surface area contributed by atoms with Crippen molar-refractivity contribution in [3.8, 4) is 11.8 Å². The maximum absolute atomic E-state index is 13.2. The van der Waals surface area contributed by atoms with Crippen molar-refractivity contribution in [3.05, 3.63) is 65.5 Å². The molecule has 0 bridgehead atoms. The van der Waals surface area contributed by atoms with Gasteiger partial charge in [-0.2, -0.15) is 15.0 Å². The number of nitrogens with zero attached hydrogens (tertiary/aromatic N) is 4. The van der Waals surface area contributed by atoms with E-state index in [-0.39, 0.29) is 12.2 Å². The van der Waals surface area contributed by atoms with Crippen LogP contribution in [0.2, 0.25) is 0 Å². The van der Waals surface area contributed by atoms with Crippen LogP contribution in [0.5, 0.6) is 5.75 Å². The minimum atomic E-state index is -0.395. The summed E-state index contributed by atoms with van der Waals surface area (Å²) in [6, 6.07) is 11.0. The third-order valence-electron chi connectivity index (χ3n) is 4.10. The molecule has 154 valence electrons. The number of benzene rings is 2. The molecule has 0 N–H and O–H groups in total. The Morgan fingerprint density at radius 1 is 1.20 bits per heavy atom. The summed E-state index contributed by atoms with van der Waals surface area (Å²) in [6.07, 6.45) is 1.59. The van der Waals surface area contributed by atoms with Crippen molar-refractivity contribution in [1.29, 1.82) is 5.26 Å². The summed E-state index contributed by atoms with van der Waals surface area (Å²) in [5, 5.41) is 13.7. The fraction of sp³-hybridized carbons (Fsp3) is 0.238. The average Bonchev–Trinajstić information content (AvgIpc) is 2.66. The van der Waals surface area contributed by atoms with Gasteiger partial charge in [0, 0.05) is 9.89 Å². The molecule has 6 nitrogen and oxygen atoms in total. The lowest BCUT2D eigenvalue weighted by Gasteiger charge is -2.20. The van der Waals surface area contributed by atoms with Crippen LogP contribution in [-0.2, 0) is 5.41 Å². The highest BCUT2D eigenvalue weighted by Crippen LogP contribution is 2.34. The average molecular weight is 597 g/mol. The Hall–Kier alpha value is -2.02. The third-order valence-corrected chi connectivity index (χ3v) is 5.77. The molecule has 3 aromatic rings. The molecule has 0 saturated heterocycles. The molecule has 2 aromatic carbocycles. The predicted octanol–water partition coefficient (Wildman–Crippen LogP) is 5.77. The second kappa shape index (κ2) is 9.00. The van der Waals surface area contributed by atoms with E-state index in [1.807, 2.05) is 39.0 Å². The summed E-state index contributed by atoms with van der Waals surface area (Å²) in [5.74, 6) is 1.09. The van der Waals surface area contributed by atoms with Gasteiger partial charge in [0.05, 0.1) is 26.1 Å². The number of ether oxygens (including phenoxy) is 1. The number of hydrogen-bond donors (Lipinski definition) is 0. The van der Waals surface area contributed by atoms with Crippen LogP contribution in [-0.4, -0.2) is 22.5 Å². The fourth-order valence-corrected chi connectivity index (χ4v) is 4.57. The molecule has 9 heteroatoms. The van der Waals surface area contributed by atoms with Crippen LogP contribution in [0.15, 0.2) is 53.6 Å². The van der Waals surface area contributed by atoms with Gasteiger partial charge in [0.25, 0.3) is 5.56 Å². The second-order valence-corrected chi connectivity index (χ2v) is 10.1. The van der Waals surface area contributed by atoms with Crippen molar-refractivity contribution in [2.24, 2.45) is 5.10 Å². The molecule has 0 aliphatic carbocycles. The molecule has 0 radical (unpaired) electrons. The summed E-state index contributed by atoms with van der Waals surface area (Å²) in [4.78, 5) is 17.9. The molecule has 1 heterocycles. The first-order valence-corrected chi connectivity index (χ1v) is 11.3. The minimum absolute atomic E-state index is 0.0622. The maximum Gasteiger partial charge on any atom is 0.282 e. The quantitative estimate of drug-likeness (QED) is 0.358. The number of nitriles is 1. The molecule has 3 rings (SSSR count). The Labute approximate surface area is 199 Å². The lowest BCUT2D eigenvalue weighted by molar-refractivity contribution is 0.363. The van der Waals surface area contributed by atoms with Gasteiger partial charge >= 0.3 is 0 Å². The number of halogens is 3. The Kier molecular flexibility index (Phi) is 6.80. The van der Waals surface area contributed by atoms with E-state index in [1.54, 1.807) is 24.4 Å². The van der Waals surface area contributed by atoms with Gasteiger partial charge in [0.2, 0.25) is 0 Å². The van der Waals surface area contributed by atoms with E-state index in [0.717, 1.165) is 10.0 Å². The molecule has 0 saturated carbocycles. The molecular weight excluding hydrogens is 580 g/mol. The standard InChI is InChI=1S/C21H17Br3N4O2/c1-21(2,3)20-27-17-5-4-13(22)10-14(17)19(29)28(20)26-11-12-8-15(23)18(16(24)9-12)30-7-6-25/h4-5,8-11H,7H2,1-3H3.